The van der Waals surface area contributed by atoms with E-state index in [2.05, 4.69) is 36.4 Å². The standard InChI is InChI=1S/C25H26ClN3O2S/c1-25(2,3)16-8-9-17-20(14-16)32-24(29-22(30)15-10-12-27-13-11-15)21(17)23(31)28-19-7-5-4-6-18(19)26/h4-7,10-13,16H,8-9,14H2,1-3H3,(H,28,31)(H,29,30)/t16-/m1/s1. The SMILES string of the molecule is CC(C)(C)[C@@H]1CCc2c(sc(NC(=O)c3ccncc3)c2C(=O)Nc2ccccc2Cl)C1. The molecule has 0 spiro atoms. The van der Waals surface area contributed by atoms with Crippen LogP contribution < -0.4 is 10.6 Å². The Labute approximate surface area is 197 Å². The minimum atomic E-state index is -0.259. The molecule has 2 aromatic heterocycles. The van der Waals surface area contributed by atoms with Gasteiger partial charge in [0.05, 0.1) is 16.3 Å². The van der Waals surface area contributed by atoms with E-state index in [1.807, 2.05) is 12.1 Å². The van der Waals surface area contributed by atoms with Crippen LogP contribution in [0.3, 0.4) is 0 Å². The lowest BCUT2D eigenvalue weighted by molar-refractivity contribution is 0.102. The first-order valence-corrected chi connectivity index (χ1v) is 11.8. The third-order valence-electron chi connectivity index (χ3n) is 6.01. The van der Waals surface area contributed by atoms with E-state index in [1.54, 1.807) is 36.7 Å². The fraction of sp³-hybridized carbons (Fsp3) is 0.320. The zero-order chi connectivity index (χ0) is 22.9. The summed E-state index contributed by atoms with van der Waals surface area (Å²) in [5, 5.41) is 6.96. The Bertz CT molecular complexity index is 1150. The van der Waals surface area contributed by atoms with Gasteiger partial charge in [0.15, 0.2) is 0 Å². The van der Waals surface area contributed by atoms with Crippen molar-refractivity contribution in [3.8, 4) is 0 Å². The van der Waals surface area contributed by atoms with E-state index in [9.17, 15) is 9.59 Å². The summed E-state index contributed by atoms with van der Waals surface area (Å²) in [5.74, 6) is 0.0110. The highest BCUT2D eigenvalue weighted by molar-refractivity contribution is 7.17. The second kappa shape index (κ2) is 9.04. The molecule has 0 saturated carbocycles. The van der Waals surface area contributed by atoms with Crippen molar-refractivity contribution in [2.24, 2.45) is 11.3 Å². The average Bonchev–Trinajstić information content (AvgIpc) is 3.12. The predicted octanol–water partition coefficient (Wildman–Crippen LogP) is 6.45. The molecule has 5 nitrogen and oxygen atoms in total. The molecule has 0 radical (unpaired) electrons. The first kappa shape index (κ1) is 22.5. The van der Waals surface area contributed by atoms with Crippen LogP contribution in [0.4, 0.5) is 10.7 Å². The van der Waals surface area contributed by atoms with E-state index in [4.69, 9.17) is 11.6 Å². The van der Waals surface area contributed by atoms with Gasteiger partial charge >= 0.3 is 0 Å². The van der Waals surface area contributed by atoms with Crippen molar-refractivity contribution in [2.75, 3.05) is 10.6 Å². The fourth-order valence-corrected chi connectivity index (χ4v) is 5.58. The molecule has 0 fully saturated rings. The number of amides is 2. The van der Waals surface area contributed by atoms with Gasteiger partial charge in [0.25, 0.3) is 11.8 Å². The number of carbonyl (C=O) groups excluding carboxylic acids is 2. The van der Waals surface area contributed by atoms with Gasteiger partial charge in [0, 0.05) is 22.8 Å². The number of carbonyl (C=O) groups is 2. The number of aromatic nitrogens is 1. The van der Waals surface area contributed by atoms with Gasteiger partial charge in [-0.2, -0.15) is 0 Å². The van der Waals surface area contributed by atoms with Crippen molar-refractivity contribution in [1.29, 1.82) is 0 Å². The van der Waals surface area contributed by atoms with Crippen LogP contribution in [0, 0.1) is 11.3 Å². The van der Waals surface area contributed by atoms with Crippen LogP contribution in [0.1, 0.15) is 58.3 Å². The monoisotopic (exact) mass is 467 g/mol. The van der Waals surface area contributed by atoms with Gasteiger partial charge in [-0.3, -0.25) is 14.6 Å². The van der Waals surface area contributed by atoms with Crippen molar-refractivity contribution in [3.63, 3.8) is 0 Å². The molecule has 7 heteroatoms. The number of anilines is 2. The predicted molar refractivity (Wildman–Crippen MR) is 131 cm³/mol. The quantitative estimate of drug-likeness (QED) is 0.463. The Balaban J connectivity index is 1.70. The maximum atomic E-state index is 13.4. The first-order valence-electron chi connectivity index (χ1n) is 10.7. The van der Waals surface area contributed by atoms with Crippen LogP contribution in [0.25, 0.3) is 0 Å². The number of halogens is 1. The number of thiophene rings is 1. The Morgan fingerprint density at radius 1 is 1.06 bits per heavy atom. The highest BCUT2D eigenvalue weighted by Crippen LogP contribution is 2.44. The number of benzene rings is 1. The van der Waals surface area contributed by atoms with E-state index in [-0.39, 0.29) is 17.2 Å². The maximum absolute atomic E-state index is 13.4. The Kier molecular flexibility index (Phi) is 6.35. The van der Waals surface area contributed by atoms with Gasteiger partial charge in [0.2, 0.25) is 0 Å². The number of fused-ring (bicyclic) bond motifs is 1. The summed E-state index contributed by atoms with van der Waals surface area (Å²) in [6.45, 7) is 6.77. The number of para-hydroxylation sites is 1. The normalized spacial score (nSPS) is 15.7. The molecule has 1 aliphatic rings. The van der Waals surface area contributed by atoms with E-state index < -0.39 is 0 Å². The Hall–Kier alpha value is -2.70. The van der Waals surface area contributed by atoms with E-state index >= 15 is 0 Å². The molecular formula is C25H26ClN3O2S. The van der Waals surface area contributed by atoms with E-state index in [1.165, 1.54) is 16.2 Å². The average molecular weight is 468 g/mol. The Morgan fingerprint density at radius 3 is 2.47 bits per heavy atom. The van der Waals surface area contributed by atoms with Gasteiger partial charge in [0.1, 0.15) is 5.00 Å². The smallest absolute Gasteiger partial charge is 0.258 e. The lowest BCUT2D eigenvalue weighted by Gasteiger charge is -2.33. The van der Waals surface area contributed by atoms with Crippen LogP contribution in [0.5, 0.6) is 0 Å². The molecule has 1 aliphatic carbocycles. The minimum absolute atomic E-state index is 0.183. The molecule has 166 valence electrons. The molecule has 1 atom stereocenters. The van der Waals surface area contributed by atoms with E-state index in [0.29, 0.717) is 32.8 Å². The molecule has 0 unspecified atom stereocenters. The van der Waals surface area contributed by atoms with Crippen LogP contribution in [0.2, 0.25) is 5.02 Å². The van der Waals surface area contributed by atoms with Crippen molar-refractivity contribution in [1.82, 2.24) is 4.98 Å². The lowest BCUT2D eigenvalue weighted by Crippen LogP contribution is -2.27. The number of nitrogens with one attached hydrogen (secondary N) is 2. The van der Waals surface area contributed by atoms with Crippen LogP contribution >= 0.6 is 22.9 Å². The highest BCUT2D eigenvalue weighted by atomic mass is 35.5. The van der Waals surface area contributed by atoms with Gasteiger partial charge in [-0.1, -0.05) is 44.5 Å². The molecular weight excluding hydrogens is 442 g/mol. The number of hydrogen-bond acceptors (Lipinski definition) is 4. The third kappa shape index (κ3) is 4.71. The molecule has 4 rings (SSSR count). The molecule has 2 heterocycles. The van der Waals surface area contributed by atoms with Gasteiger partial charge in [-0.05, 0) is 60.4 Å². The number of hydrogen-bond donors (Lipinski definition) is 2. The molecule has 2 amide bonds. The lowest BCUT2D eigenvalue weighted by atomic mass is 9.72. The first-order chi connectivity index (χ1) is 15.2. The summed E-state index contributed by atoms with van der Waals surface area (Å²) in [7, 11) is 0. The topological polar surface area (TPSA) is 71.1 Å². The zero-order valence-corrected chi connectivity index (χ0v) is 19.9. The van der Waals surface area contributed by atoms with Gasteiger partial charge in [-0.25, -0.2) is 0 Å². The summed E-state index contributed by atoms with van der Waals surface area (Å²) >= 11 is 7.77. The van der Waals surface area contributed by atoms with Crippen LogP contribution in [0.15, 0.2) is 48.8 Å². The highest BCUT2D eigenvalue weighted by Gasteiger charge is 2.34. The van der Waals surface area contributed by atoms with Crippen molar-refractivity contribution >= 4 is 45.4 Å². The Morgan fingerprint density at radius 2 is 1.78 bits per heavy atom. The van der Waals surface area contributed by atoms with Crippen LogP contribution in [-0.2, 0) is 12.8 Å². The third-order valence-corrected chi connectivity index (χ3v) is 7.51. The summed E-state index contributed by atoms with van der Waals surface area (Å²) in [6.07, 6.45) is 5.88. The molecule has 0 aliphatic heterocycles. The number of pyridine rings is 1. The molecule has 0 bridgehead atoms. The molecule has 1 aromatic carbocycles. The number of nitrogens with zero attached hydrogens (tertiary/aromatic N) is 1. The summed E-state index contributed by atoms with van der Waals surface area (Å²) in [5.41, 5.74) is 2.80. The molecule has 3 aromatic rings. The number of rotatable bonds is 4. The maximum Gasteiger partial charge on any atom is 0.258 e. The van der Waals surface area contributed by atoms with Crippen molar-refractivity contribution < 1.29 is 9.59 Å². The van der Waals surface area contributed by atoms with Crippen LogP contribution in [-0.4, -0.2) is 16.8 Å². The molecule has 0 saturated heterocycles. The van der Waals surface area contributed by atoms with Crippen molar-refractivity contribution in [2.45, 2.75) is 40.0 Å². The molecule has 32 heavy (non-hydrogen) atoms. The van der Waals surface area contributed by atoms with E-state index in [0.717, 1.165) is 24.8 Å². The summed E-state index contributed by atoms with van der Waals surface area (Å²) < 4.78 is 0. The van der Waals surface area contributed by atoms with Gasteiger partial charge < -0.3 is 10.6 Å². The zero-order valence-electron chi connectivity index (χ0n) is 18.4. The second-order valence-electron chi connectivity index (χ2n) is 9.14. The summed E-state index contributed by atoms with van der Waals surface area (Å²) in [4.78, 5) is 31.4. The summed E-state index contributed by atoms with van der Waals surface area (Å²) in [6, 6.07) is 10.5. The second-order valence-corrected chi connectivity index (χ2v) is 10.7. The molecule has 2 N–H and O–H groups in total. The largest absolute Gasteiger partial charge is 0.321 e. The fourth-order valence-electron chi connectivity index (χ4n) is 4.08. The van der Waals surface area contributed by atoms with Gasteiger partial charge in [-0.15, -0.1) is 11.3 Å². The minimum Gasteiger partial charge on any atom is -0.321 e. The van der Waals surface area contributed by atoms with Crippen molar-refractivity contribution in [3.05, 3.63) is 75.4 Å².